The quantitative estimate of drug-likeness (QED) is 0.836. The summed E-state index contributed by atoms with van der Waals surface area (Å²) >= 11 is 3.34. The van der Waals surface area contributed by atoms with E-state index in [1.54, 1.807) is 10.7 Å². The van der Waals surface area contributed by atoms with E-state index in [-0.39, 0.29) is 18.9 Å². The molecule has 0 spiro atoms. The first-order valence-corrected chi connectivity index (χ1v) is 5.93. The summed E-state index contributed by atoms with van der Waals surface area (Å²) in [6, 6.07) is 3.65. The van der Waals surface area contributed by atoms with E-state index in [1.165, 1.54) is 4.90 Å². The minimum absolute atomic E-state index is 0.138. The summed E-state index contributed by atoms with van der Waals surface area (Å²) in [5.41, 5.74) is 0.656. The molecule has 17 heavy (non-hydrogen) atoms. The van der Waals surface area contributed by atoms with Crippen LogP contribution in [0.2, 0.25) is 0 Å². The van der Waals surface area contributed by atoms with E-state index in [0.29, 0.717) is 11.6 Å². The molecular formula is C10H9BrN4O2. The molecule has 1 N–H and O–H groups in total. The van der Waals surface area contributed by atoms with Gasteiger partial charge >= 0.3 is 0 Å². The van der Waals surface area contributed by atoms with Crippen LogP contribution in [0.5, 0.6) is 0 Å². The zero-order valence-electron chi connectivity index (χ0n) is 8.75. The average Bonchev–Trinajstić information content (AvgIpc) is 2.80. The summed E-state index contributed by atoms with van der Waals surface area (Å²) in [7, 11) is 0. The molecule has 1 aliphatic rings. The molecule has 0 saturated carbocycles. The number of anilines is 1. The van der Waals surface area contributed by atoms with Gasteiger partial charge in [-0.1, -0.05) is 15.9 Å². The van der Waals surface area contributed by atoms with E-state index >= 15 is 0 Å². The molecule has 2 aromatic heterocycles. The second-order valence-corrected chi connectivity index (χ2v) is 4.84. The van der Waals surface area contributed by atoms with Crippen molar-refractivity contribution in [2.24, 2.45) is 0 Å². The third kappa shape index (κ3) is 1.81. The topological polar surface area (TPSA) is 70.7 Å². The number of carbonyl (C=O) groups excluding carboxylic acids is 1. The fourth-order valence-corrected chi connectivity index (χ4v) is 2.16. The SMILES string of the molecule is O=C1CC(O)CN1c1nc2cc(Br)ccn2n1. The van der Waals surface area contributed by atoms with Crippen LogP contribution in [-0.2, 0) is 4.79 Å². The molecule has 3 heterocycles. The number of carbonyl (C=O) groups is 1. The van der Waals surface area contributed by atoms with Gasteiger partial charge in [0.15, 0.2) is 5.65 Å². The highest BCUT2D eigenvalue weighted by Crippen LogP contribution is 2.20. The second kappa shape index (κ2) is 3.78. The number of fused-ring (bicyclic) bond motifs is 1. The molecule has 0 aromatic carbocycles. The van der Waals surface area contributed by atoms with Crippen LogP contribution in [0.4, 0.5) is 5.95 Å². The lowest BCUT2D eigenvalue weighted by Crippen LogP contribution is -2.26. The lowest BCUT2D eigenvalue weighted by Gasteiger charge is -2.09. The molecule has 6 nitrogen and oxygen atoms in total. The number of hydrogen-bond donors (Lipinski definition) is 1. The number of pyridine rings is 1. The van der Waals surface area contributed by atoms with Crippen molar-refractivity contribution >= 4 is 33.4 Å². The van der Waals surface area contributed by atoms with Gasteiger partial charge in [0, 0.05) is 10.7 Å². The Balaban J connectivity index is 2.03. The Kier molecular flexibility index (Phi) is 2.37. The normalized spacial score (nSPS) is 20.5. The summed E-state index contributed by atoms with van der Waals surface area (Å²) in [5, 5.41) is 13.6. The summed E-state index contributed by atoms with van der Waals surface area (Å²) < 4.78 is 2.50. The molecule has 0 radical (unpaired) electrons. The summed E-state index contributed by atoms with van der Waals surface area (Å²) in [6.45, 7) is 0.261. The van der Waals surface area contributed by atoms with Gasteiger partial charge in [-0.15, -0.1) is 5.10 Å². The predicted molar refractivity (Wildman–Crippen MR) is 63.7 cm³/mol. The van der Waals surface area contributed by atoms with Gasteiger partial charge in [-0.05, 0) is 12.1 Å². The Morgan fingerprint density at radius 2 is 2.35 bits per heavy atom. The average molecular weight is 297 g/mol. The fraction of sp³-hybridized carbons (Fsp3) is 0.300. The van der Waals surface area contributed by atoms with Crippen LogP contribution in [0.1, 0.15) is 6.42 Å². The van der Waals surface area contributed by atoms with Crippen molar-refractivity contribution in [3.8, 4) is 0 Å². The van der Waals surface area contributed by atoms with E-state index < -0.39 is 6.10 Å². The largest absolute Gasteiger partial charge is 0.391 e. The number of β-amino-alcohol motifs (C(OH)–C–C–N with tert-alkyl or cyclic N) is 1. The number of aromatic nitrogens is 3. The van der Waals surface area contributed by atoms with Gasteiger partial charge in [0.1, 0.15) is 0 Å². The number of nitrogens with zero attached hydrogens (tertiary/aromatic N) is 4. The summed E-state index contributed by atoms with van der Waals surface area (Å²) in [6.07, 6.45) is 1.27. The number of amides is 1. The molecule has 0 bridgehead atoms. The predicted octanol–water partition coefficient (Wildman–Crippen LogP) is 0.589. The van der Waals surface area contributed by atoms with E-state index in [0.717, 1.165) is 4.47 Å². The Labute approximate surface area is 105 Å². The van der Waals surface area contributed by atoms with Crippen LogP contribution in [0.3, 0.4) is 0 Å². The van der Waals surface area contributed by atoms with Crippen LogP contribution in [0.15, 0.2) is 22.8 Å². The Morgan fingerprint density at radius 3 is 3.06 bits per heavy atom. The summed E-state index contributed by atoms with van der Waals surface area (Å²) in [4.78, 5) is 17.3. The van der Waals surface area contributed by atoms with E-state index in [4.69, 9.17) is 0 Å². The van der Waals surface area contributed by atoms with Crippen LogP contribution in [0, 0.1) is 0 Å². The lowest BCUT2D eigenvalue weighted by molar-refractivity contribution is -0.117. The molecule has 1 saturated heterocycles. The minimum Gasteiger partial charge on any atom is -0.391 e. The highest BCUT2D eigenvalue weighted by atomic mass is 79.9. The van der Waals surface area contributed by atoms with Gasteiger partial charge < -0.3 is 5.11 Å². The molecule has 2 aromatic rings. The molecule has 3 rings (SSSR count). The molecule has 1 fully saturated rings. The van der Waals surface area contributed by atoms with Gasteiger partial charge in [-0.3, -0.25) is 9.69 Å². The smallest absolute Gasteiger partial charge is 0.252 e. The highest BCUT2D eigenvalue weighted by Gasteiger charge is 2.31. The number of halogens is 1. The van der Waals surface area contributed by atoms with Crippen molar-refractivity contribution in [3.63, 3.8) is 0 Å². The minimum atomic E-state index is -0.624. The van der Waals surface area contributed by atoms with E-state index in [1.807, 2.05) is 12.1 Å². The zero-order valence-corrected chi connectivity index (χ0v) is 10.3. The van der Waals surface area contributed by atoms with Gasteiger partial charge in [-0.2, -0.15) is 4.98 Å². The van der Waals surface area contributed by atoms with Crippen molar-refractivity contribution in [1.82, 2.24) is 14.6 Å². The molecule has 1 aliphatic heterocycles. The van der Waals surface area contributed by atoms with Crippen molar-refractivity contribution in [2.45, 2.75) is 12.5 Å². The van der Waals surface area contributed by atoms with Crippen molar-refractivity contribution in [1.29, 1.82) is 0 Å². The van der Waals surface area contributed by atoms with Crippen LogP contribution >= 0.6 is 15.9 Å². The van der Waals surface area contributed by atoms with E-state index in [9.17, 15) is 9.90 Å². The molecule has 0 aliphatic carbocycles. The standard InChI is InChI=1S/C10H9BrN4O2/c11-6-1-2-15-8(3-6)12-10(13-15)14-5-7(16)4-9(14)17/h1-3,7,16H,4-5H2. The van der Waals surface area contributed by atoms with Gasteiger partial charge in [0.25, 0.3) is 5.95 Å². The highest BCUT2D eigenvalue weighted by molar-refractivity contribution is 9.10. The molecule has 1 unspecified atom stereocenters. The molecule has 88 valence electrons. The number of aliphatic hydroxyl groups is 1. The number of rotatable bonds is 1. The monoisotopic (exact) mass is 296 g/mol. The van der Waals surface area contributed by atoms with Crippen molar-refractivity contribution < 1.29 is 9.90 Å². The number of aliphatic hydroxyl groups excluding tert-OH is 1. The zero-order chi connectivity index (χ0) is 12.0. The molecule has 1 amide bonds. The third-order valence-corrected chi connectivity index (χ3v) is 3.13. The Morgan fingerprint density at radius 1 is 1.53 bits per heavy atom. The first-order valence-electron chi connectivity index (χ1n) is 5.14. The van der Waals surface area contributed by atoms with Crippen LogP contribution < -0.4 is 4.90 Å². The second-order valence-electron chi connectivity index (χ2n) is 3.92. The van der Waals surface area contributed by atoms with Gasteiger partial charge in [0.05, 0.1) is 19.1 Å². The van der Waals surface area contributed by atoms with Crippen LogP contribution in [0.25, 0.3) is 5.65 Å². The maximum Gasteiger partial charge on any atom is 0.252 e. The Hall–Kier alpha value is -1.47. The first-order chi connectivity index (χ1) is 8.13. The number of hydrogen-bond acceptors (Lipinski definition) is 4. The first kappa shape index (κ1) is 10.7. The van der Waals surface area contributed by atoms with Gasteiger partial charge in [0.2, 0.25) is 5.91 Å². The van der Waals surface area contributed by atoms with E-state index in [2.05, 4.69) is 26.0 Å². The fourth-order valence-electron chi connectivity index (χ4n) is 1.84. The third-order valence-electron chi connectivity index (χ3n) is 2.63. The molecule has 7 heteroatoms. The van der Waals surface area contributed by atoms with Crippen molar-refractivity contribution in [2.75, 3.05) is 11.4 Å². The maximum atomic E-state index is 11.6. The molecular weight excluding hydrogens is 288 g/mol. The van der Waals surface area contributed by atoms with Gasteiger partial charge in [-0.25, -0.2) is 4.52 Å². The van der Waals surface area contributed by atoms with Crippen molar-refractivity contribution in [3.05, 3.63) is 22.8 Å². The molecule has 1 atom stereocenters. The van der Waals surface area contributed by atoms with Crippen LogP contribution in [-0.4, -0.2) is 38.3 Å². The lowest BCUT2D eigenvalue weighted by atomic mass is 10.3. The Bertz CT molecular complexity index is 597. The maximum absolute atomic E-state index is 11.6. The summed E-state index contributed by atoms with van der Waals surface area (Å²) in [5.74, 6) is 0.192.